The molecule has 3 rings (SSSR count). The van der Waals surface area contributed by atoms with Crippen LogP contribution in [0.25, 0.3) is 10.8 Å². The van der Waals surface area contributed by atoms with Crippen LogP contribution in [0.5, 0.6) is 0 Å². The van der Waals surface area contributed by atoms with Gasteiger partial charge in [-0.05, 0) is 46.2 Å². The number of benzene rings is 3. The summed E-state index contributed by atoms with van der Waals surface area (Å²) >= 11 is 3.37. The molecule has 0 heterocycles. The minimum Gasteiger partial charge on any atom is -0.467 e. The van der Waals surface area contributed by atoms with Gasteiger partial charge in [0.15, 0.2) is 0 Å². The van der Waals surface area contributed by atoms with Crippen molar-refractivity contribution in [2.45, 2.75) is 57.5 Å². The van der Waals surface area contributed by atoms with Crippen molar-refractivity contribution < 1.29 is 19.1 Å². The number of nitrogens with zero attached hydrogens (tertiary/aromatic N) is 1. The van der Waals surface area contributed by atoms with E-state index in [9.17, 15) is 14.4 Å². The normalized spacial score (nSPS) is 13.3. The molecule has 0 aromatic heterocycles. The third kappa shape index (κ3) is 11.8. The van der Waals surface area contributed by atoms with Crippen LogP contribution >= 0.6 is 23.5 Å². The number of ether oxygens (including phenoxy) is 1. The van der Waals surface area contributed by atoms with Gasteiger partial charge in [0.25, 0.3) is 0 Å². The molecule has 0 unspecified atom stereocenters. The van der Waals surface area contributed by atoms with Gasteiger partial charge < -0.3 is 15.4 Å². The molecule has 7 nitrogen and oxygen atoms in total. The highest BCUT2D eigenvalue weighted by Crippen LogP contribution is 2.21. The first kappa shape index (κ1) is 35.5. The summed E-state index contributed by atoms with van der Waals surface area (Å²) < 4.78 is 4.95. The van der Waals surface area contributed by atoms with Crippen LogP contribution in [0.2, 0.25) is 0 Å². The molecule has 3 aromatic rings. The predicted molar refractivity (Wildman–Crippen MR) is 185 cm³/mol. The number of rotatable bonds is 19. The van der Waals surface area contributed by atoms with E-state index in [1.165, 1.54) is 12.7 Å². The summed E-state index contributed by atoms with van der Waals surface area (Å²) in [5.74, 6) is 1.88. The molecule has 0 saturated carbocycles. The van der Waals surface area contributed by atoms with E-state index in [1.54, 1.807) is 23.5 Å². The van der Waals surface area contributed by atoms with Crippen LogP contribution in [0.3, 0.4) is 0 Å². The van der Waals surface area contributed by atoms with Crippen LogP contribution in [0.15, 0.2) is 72.8 Å². The average Bonchev–Trinajstić information content (AvgIpc) is 3.04. The first-order chi connectivity index (χ1) is 21.3. The predicted octanol–water partition coefficient (Wildman–Crippen LogP) is 5.91. The van der Waals surface area contributed by atoms with E-state index in [4.69, 9.17) is 4.74 Å². The number of esters is 1. The average molecular weight is 638 g/mol. The number of hydrogen-bond acceptors (Lipinski definition) is 7. The Morgan fingerprint density at radius 1 is 0.909 bits per heavy atom. The molecule has 0 fully saturated rings. The van der Waals surface area contributed by atoms with Crippen LogP contribution in [-0.4, -0.2) is 72.7 Å². The first-order valence-electron chi connectivity index (χ1n) is 15.3. The third-order valence-corrected chi connectivity index (χ3v) is 9.46. The summed E-state index contributed by atoms with van der Waals surface area (Å²) in [7, 11) is 1.34. The lowest BCUT2D eigenvalue weighted by molar-refractivity contribution is -0.145. The van der Waals surface area contributed by atoms with Crippen LogP contribution in [0, 0.1) is 5.92 Å². The van der Waals surface area contributed by atoms with Crippen LogP contribution in [0.1, 0.15) is 44.2 Å². The van der Waals surface area contributed by atoms with Gasteiger partial charge in [-0.15, -0.1) is 0 Å². The SMILES string of the molecule is CC[C@H](C)[C@@H](CN(CC(=O)N[C@@H](CCSC)C(=O)OC)Cc1cccc2ccccc12)NC(=O)CCSCc1ccccc1. The summed E-state index contributed by atoms with van der Waals surface area (Å²) in [5, 5.41) is 8.46. The smallest absolute Gasteiger partial charge is 0.328 e. The molecule has 2 N–H and O–H groups in total. The largest absolute Gasteiger partial charge is 0.467 e. The van der Waals surface area contributed by atoms with Crippen molar-refractivity contribution in [3.05, 3.63) is 83.9 Å². The molecule has 0 radical (unpaired) electrons. The Morgan fingerprint density at radius 2 is 1.64 bits per heavy atom. The van der Waals surface area contributed by atoms with Crippen LogP contribution in [0.4, 0.5) is 0 Å². The number of hydrogen-bond donors (Lipinski definition) is 2. The second kappa shape index (κ2) is 19.4. The van der Waals surface area contributed by atoms with Crippen LogP contribution < -0.4 is 10.6 Å². The van der Waals surface area contributed by atoms with Gasteiger partial charge in [-0.2, -0.15) is 23.5 Å². The molecule has 9 heteroatoms. The maximum absolute atomic E-state index is 13.4. The zero-order valence-electron chi connectivity index (χ0n) is 26.4. The molecular weight excluding hydrogens is 591 g/mol. The Kier molecular flexibility index (Phi) is 15.6. The van der Waals surface area contributed by atoms with Crippen molar-refractivity contribution in [2.75, 3.05) is 38.0 Å². The van der Waals surface area contributed by atoms with Gasteiger partial charge in [-0.25, -0.2) is 4.79 Å². The number of methoxy groups -OCH3 is 1. The summed E-state index contributed by atoms with van der Waals surface area (Å²) in [4.78, 5) is 40.9. The van der Waals surface area contributed by atoms with E-state index in [0.29, 0.717) is 25.9 Å². The van der Waals surface area contributed by atoms with E-state index < -0.39 is 12.0 Å². The van der Waals surface area contributed by atoms with Gasteiger partial charge in [0.1, 0.15) is 6.04 Å². The number of fused-ring (bicyclic) bond motifs is 1. The fourth-order valence-corrected chi connectivity index (χ4v) is 6.44. The molecule has 0 aliphatic rings. The lowest BCUT2D eigenvalue weighted by Crippen LogP contribution is -2.51. The third-order valence-electron chi connectivity index (χ3n) is 7.79. The fourth-order valence-electron chi connectivity index (χ4n) is 5.06. The summed E-state index contributed by atoms with van der Waals surface area (Å²) in [5.41, 5.74) is 2.36. The number of amides is 2. The van der Waals surface area contributed by atoms with Gasteiger partial charge >= 0.3 is 5.97 Å². The van der Waals surface area contributed by atoms with Crippen molar-refractivity contribution in [3.63, 3.8) is 0 Å². The van der Waals surface area contributed by atoms with E-state index in [0.717, 1.165) is 40.0 Å². The van der Waals surface area contributed by atoms with Gasteiger partial charge in [0.2, 0.25) is 11.8 Å². The van der Waals surface area contributed by atoms with Gasteiger partial charge in [0.05, 0.1) is 13.7 Å². The zero-order valence-corrected chi connectivity index (χ0v) is 28.1. The molecule has 0 spiro atoms. The maximum Gasteiger partial charge on any atom is 0.328 e. The summed E-state index contributed by atoms with van der Waals surface area (Å²) in [6.45, 7) is 5.38. The molecule has 3 aromatic carbocycles. The first-order valence-corrected chi connectivity index (χ1v) is 17.9. The molecule has 238 valence electrons. The number of carbonyl (C=O) groups excluding carboxylic acids is 3. The number of carbonyl (C=O) groups is 3. The molecular formula is C35H47N3O4S2. The minimum atomic E-state index is -0.696. The van der Waals surface area contributed by atoms with E-state index in [2.05, 4.69) is 65.8 Å². The Morgan fingerprint density at radius 3 is 2.36 bits per heavy atom. The molecule has 0 bridgehead atoms. The van der Waals surface area contributed by atoms with Crippen molar-refractivity contribution in [3.8, 4) is 0 Å². The van der Waals surface area contributed by atoms with Crippen molar-refractivity contribution in [1.29, 1.82) is 0 Å². The minimum absolute atomic E-state index is 0.0215. The van der Waals surface area contributed by atoms with Gasteiger partial charge in [-0.3, -0.25) is 14.5 Å². The molecule has 0 aliphatic carbocycles. The van der Waals surface area contributed by atoms with Gasteiger partial charge in [0, 0.05) is 37.1 Å². The molecule has 0 aliphatic heterocycles. The highest BCUT2D eigenvalue weighted by atomic mass is 32.2. The zero-order chi connectivity index (χ0) is 31.7. The quantitative estimate of drug-likeness (QED) is 0.125. The van der Waals surface area contributed by atoms with Crippen molar-refractivity contribution >= 4 is 52.1 Å². The Balaban J connectivity index is 1.73. The summed E-state index contributed by atoms with van der Waals surface area (Å²) in [6.07, 6.45) is 3.79. The standard InChI is InChI=1S/C35H47N3O4S2/c1-5-26(2)32(37-33(39)19-21-44-25-27-12-7-6-8-13-27)23-38(22-29-16-11-15-28-14-9-10-17-30(28)29)24-34(40)36-31(18-20-43-4)35(41)42-3/h6-17,26,31-32H,5,18-25H2,1-4H3,(H,36,40)(H,37,39)/t26-,31-,32+/m0/s1. The fraction of sp³-hybridized carbons (Fsp3) is 0.457. The second-order valence-corrected chi connectivity index (χ2v) is 13.2. The second-order valence-electron chi connectivity index (χ2n) is 11.1. The number of thioether (sulfide) groups is 2. The topological polar surface area (TPSA) is 87.7 Å². The van der Waals surface area contributed by atoms with Crippen molar-refractivity contribution in [2.24, 2.45) is 5.92 Å². The Labute approximate surface area is 271 Å². The monoisotopic (exact) mass is 637 g/mol. The Bertz CT molecular complexity index is 1320. The molecule has 3 atom stereocenters. The summed E-state index contributed by atoms with van der Waals surface area (Å²) in [6, 6.07) is 23.9. The maximum atomic E-state index is 13.4. The lowest BCUT2D eigenvalue weighted by Gasteiger charge is -2.32. The van der Waals surface area contributed by atoms with E-state index in [-0.39, 0.29) is 30.3 Å². The molecule has 44 heavy (non-hydrogen) atoms. The van der Waals surface area contributed by atoms with Crippen molar-refractivity contribution in [1.82, 2.24) is 15.5 Å². The lowest BCUT2D eigenvalue weighted by atomic mass is 9.97. The highest BCUT2D eigenvalue weighted by Gasteiger charge is 2.26. The van der Waals surface area contributed by atoms with E-state index in [1.807, 2.05) is 42.7 Å². The van der Waals surface area contributed by atoms with Crippen LogP contribution in [-0.2, 0) is 31.4 Å². The molecule has 0 saturated heterocycles. The van der Waals surface area contributed by atoms with E-state index >= 15 is 0 Å². The number of nitrogens with one attached hydrogen (secondary N) is 2. The highest BCUT2D eigenvalue weighted by molar-refractivity contribution is 7.98. The van der Waals surface area contributed by atoms with Gasteiger partial charge in [-0.1, -0.05) is 93.1 Å². The molecule has 2 amide bonds. The Hall–Kier alpha value is -3.01.